The number of rotatable bonds is 6. The van der Waals surface area contributed by atoms with Crippen LogP contribution in [0.15, 0.2) is 30.5 Å². The summed E-state index contributed by atoms with van der Waals surface area (Å²) in [7, 11) is 0. The van der Waals surface area contributed by atoms with Crippen molar-refractivity contribution in [3.8, 4) is 5.75 Å². The van der Waals surface area contributed by atoms with E-state index in [1.165, 1.54) is 18.3 Å². The Balaban J connectivity index is 1.74. The van der Waals surface area contributed by atoms with Crippen LogP contribution < -0.4 is 21.1 Å². The summed E-state index contributed by atoms with van der Waals surface area (Å²) >= 11 is 0. The first-order valence-corrected chi connectivity index (χ1v) is 7.36. The fraction of sp³-hybridized carbons (Fsp3) is 0.267. The minimum Gasteiger partial charge on any atom is -0.406 e. The molecule has 0 atom stereocenters. The van der Waals surface area contributed by atoms with Crippen LogP contribution in [0.3, 0.4) is 0 Å². The molecule has 1 heterocycles. The van der Waals surface area contributed by atoms with Crippen LogP contribution in [0.2, 0.25) is 0 Å². The number of benzene rings is 1. The zero-order valence-electron chi connectivity index (χ0n) is 12.8. The van der Waals surface area contributed by atoms with Gasteiger partial charge in [-0.25, -0.2) is 4.98 Å². The van der Waals surface area contributed by atoms with E-state index in [2.05, 4.69) is 25.3 Å². The molecule has 0 saturated heterocycles. The van der Waals surface area contributed by atoms with Crippen molar-refractivity contribution in [2.45, 2.75) is 25.2 Å². The molecule has 1 aliphatic rings. The van der Waals surface area contributed by atoms with Gasteiger partial charge in [0, 0.05) is 17.9 Å². The van der Waals surface area contributed by atoms with Gasteiger partial charge >= 0.3 is 6.36 Å². The van der Waals surface area contributed by atoms with E-state index in [4.69, 9.17) is 5.73 Å². The molecule has 25 heavy (non-hydrogen) atoms. The number of nitrogens with zero attached hydrogens (tertiary/aromatic N) is 2. The molecule has 4 N–H and O–H groups in total. The number of nitrogens with two attached hydrogens (primary N) is 1. The Morgan fingerprint density at radius 3 is 2.48 bits per heavy atom. The number of hydrogen-bond acceptors (Lipinski definition) is 6. The van der Waals surface area contributed by atoms with Crippen molar-refractivity contribution < 1.29 is 22.7 Å². The largest absolute Gasteiger partial charge is 0.573 e. The van der Waals surface area contributed by atoms with E-state index in [-0.39, 0.29) is 23.3 Å². The Morgan fingerprint density at radius 1 is 1.24 bits per heavy atom. The number of alkyl halides is 3. The highest BCUT2D eigenvalue weighted by molar-refractivity contribution is 5.97. The molecule has 1 aromatic carbocycles. The van der Waals surface area contributed by atoms with Gasteiger partial charge in [-0.15, -0.1) is 13.2 Å². The van der Waals surface area contributed by atoms with Crippen molar-refractivity contribution >= 4 is 23.4 Å². The molecule has 10 heteroatoms. The Labute approximate surface area is 140 Å². The lowest BCUT2D eigenvalue weighted by molar-refractivity contribution is -0.274. The molecule has 132 valence electrons. The minimum absolute atomic E-state index is 0.173. The molecular weight excluding hydrogens is 339 g/mol. The summed E-state index contributed by atoms with van der Waals surface area (Å²) in [5.74, 6) is -0.482. The molecule has 0 spiro atoms. The van der Waals surface area contributed by atoms with Gasteiger partial charge in [-0.2, -0.15) is 4.98 Å². The van der Waals surface area contributed by atoms with Crippen LogP contribution >= 0.6 is 0 Å². The zero-order chi connectivity index (χ0) is 18.0. The molecule has 2 aromatic rings. The van der Waals surface area contributed by atoms with Crippen molar-refractivity contribution in [1.29, 1.82) is 0 Å². The van der Waals surface area contributed by atoms with Gasteiger partial charge < -0.3 is 21.1 Å². The fourth-order valence-electron chi connectivity index (χ4n) is 2.02. The molecule has 3 rings (SSSR count). The normalized spacial score (nSPS) is 14.0. The third kappa shape index (κ3) is 4.72. The topological polar surface area (TPSA) is 102 Å². The average Bonchev–Trinajstić information content (AvgIpc) is 3.32. The number of carbonyl (C=O) groups is 1. The lowest BCUT2D eigenvalue weighted by Crippen LogP contribution is -2.17. The minimum atomic E-state index is -4.74. The van der Waals surface area contributed by atoms with Gasteiger partial charge in [0.05, 0.1) is 5.56 Å². The number of aromatic nitrogens is 2. The smallest absolute Gasteiger partial charge is 0.406 e. The third-order valence-electron chi connectivity index (χ3n) is 3.32. The molecule has 0 unspecified atom stereocenters. The van der Waals surface area contributed by atoms with E-state index in [0.29, 0.717) is 11.5 Å². The van der Waals surface area contributed by atoms with Crippen molar-refractivity contribution in [2.24, 2.45) is 5.73 Å². The summed E-state index contributed by atoms with van der Waals surface area (Å²) in [4.78, 5) is 19.6. The Bertz CT molecular complexity index is 776. The molecule has 0 radical (unpaired) electrons. The molecule has 1 amide bonds. The number of anilines is 3. The van der Waals surface area contributed by atoms with E-state index in [1.807, 2.05) is 0 Å². The molecule has 1 aromatic heterocycles. The number of halogens is 3. The van der Waals surface area contributed by atoms with E-state index >= 15 is 0 Å². The summed E-state index contributed by atoms with van der Waals surface area (Å²) in [5.41, 5.74) is 5.92. The number of carbonyl (C=O) groups excluding carboxylic acids is 1. The Morgan fingerprint density at radius 2 is 1.92 bits per heavy atom. The summed E-state index contributed by atoms with van der Waals surface area (Å²) in [6.45, 7) is 0. The van der Waals surface area contributed by atoms with Crippen LogP contribution in [0.5, 0.6) is 5.75 Å². The monoisotopic (exact) mass is 353 g/mol. The maximum atomic E-state index is 12.1. The summed E-state index contributed by atoms with van der Waals surface area (Å²) in [5, 5.41) is 5.93. The highest BCUT2D eigenvalue weighted by atomic mass is 19.4. The molecule has 7 nitrogen and oxygen atoms in total. The van der Waals surface area contributed by atoms with Crippen LogP contribution in [-0.2, 0) is 0 Å². The number of nitrogens with one attached hydrogen (secondary N) is 2. The highest BCUT2D eigenvalue weighted by Gasteiger charge is 2.31. The number of ether oxygens (including phenoxy) is 1. The van der Waals surface area contributed by atoms with Crippen molar-refractivity contribution in [1.82, 2.24) is 9.97 Å². The first-order chi connectivity index (χ1) is 11.8. The summed E-state index contributed by atoms with van der Waals surface area (Å²) in [6, 6.07) is 5.36. The lowest BCUT2D eigenvalue weighted by atomic mass is 10.3. The Hall–Kier alpha value is -3.04. The van der Waals surface area contributed by atoms with Gasteiger partial charge in [0.1, 0.15) is 11.6 Å². The molecule has 1 fully saturated rings. The Kier molecular flexibility index (Phi) is 4.34. The van der Waals surface area contributed by atoms with Gasteiger partial charge in [0.2, 0.25) is 5.95 Å². The summed E-state index contributed by atoms with van der Waals surface area (Å²) in [6.07, 6.45) is -1.49. The van der Waals surface area contributed by atoms with Crippen molar-refractivity contribution in [3.05, 3.63) is 36.0 Å². The van der Waals surface area contributed by atoms with Crippen LogP contribution in [0.25, 0.3) is 0 Å². The number of amides is 1. The van der Waals surface area contributed by atoms with E-state index in [1.54, 1.807) is 0 Å². The first-order valence-electron chi connectivity index (χ1n) is 7.36. The van der Waals surface area contributed by atoms with Gasteiger partial charge in [0.25, 0.3) is 5.91 Å². The van der Waals surface area contributed by atoms with E-state index in [0.717, 1.165) is 25.0 Å². The quantitative estimate of drug-likeness (QED) is 0.738. The van der Waals surface area contributed by atoms with Gasteiger partial charge in [-0.05, 0) is 37.1 Å². The van der Waals surface area contributed by atoms with E-state index < -0.39 is 12.3 Å². The highest BCUT2D eigenvalue weighted by Crippen LogP contribution is 2.27. The second-order valence-corrected chi connectivity index (χ2v) is 5.44. The third-order valence-corrected chi connectivity index (χ3v) is 3.32. The van der Waals surface area contributed by atoms with Crippen LogP contribution in [0.1, 0.15) is 23.2 Å². The standard InChI is InChI=1S/C15H14F3N5O2/c16-15(17,18)25-10-5-3-9(4-6-10)22-14-20-7-11(12(19)24)13(23-14)21-8-1-2-8/h3-8H,1-2H2,(H2,19,24)(H2,20,21,22,23). The SMILES string of the molecule is NC(=O)c1cnc(Nc2ccc(OC(F)(F)F)cc2)nc1NC1CC1. The maximum absolute atomic E-state index is 12.1. The second-order valence-electron chi connectivity index (χ2n) is 5.44. The first kappa shape index (κ1) is 16.8. The van der Waals surface area contributed by atoms with Gasteiger partial charge in [0.15, 0.2) is 0 Å². The van der Waals surface area contributed by atoms with Crippen LogP contribution in [-0.4, -0.2) is 28.3 Å². The number of hydrogen-bond donors (Lipinski definition) is 3. The molecule has 0 bridgehead atoms. The molecule has 1 saturated carbocycles. The van der Waals surface area contributed by atoms with Crippen LogP contribution in [0.4, 0.5) is 30.6 Å². The van der Waals surface area contributed by atoms with Crippen molar-refractivity contribution in [3.63, 3.8) is 0 Å². The zero-order valence-corrected chi connectivity index (χ0v) is 12.8. The maximum Gasteiger partial charge on any atom is 0.573 e. The number of primary amides is 1. The van der Waals surface area contributed by atoms with Gasteiger partial charge in [-0.1, -0.05) is 0 Å². The predicted octanol–water partition coefficient (Wildman–Crippen LogP) is 2.79. The second kappa shape index (κ2) is 6.46. The molecule has 1 aliphatic carbocycles. The lowest BCUT2D eigenvalue weighted by Gasteiger charge is -2.12. The molecule has 0 aliphatic heterocycles. The predicted molar refractivity (Wildman–Crippen MR) is 83.6 cm³/mol. The van der Waals surface area contributed by atoms with Gasteiger partial charge in [-0.3, -0.25) is 4.79 Å². The van der Waals surface area contributed by atoms with Crippen LogP contribution in [0, 0.1) is 0 Å². The average molecular weight is 353 g/mol. The van der Waals surface area contributed by atoms with Crippen molar-refractivity contribution in [2.75, 3.05) is 10.6 Å². The fourth-order valence-corrected chi connectivity index (χ4v) is 2.02. The summed E-state index contributed by atoms with van der Waals surface area (Å²) < 4.78 is 40.2. The van der Waals surface area contributed by atoms with E-state index in [9.17, 15) is 18.0 Å². The molecular formula is C15H14F3N5O2.